The minimum Gasteiger partial charge on any atom is -0.508 e. The highest BCUT2D eigenvalue weighted by Crippen LogP contribution is 2.21. The molecule has 1 fully saturated rings. The molecule has 4 rings (SSSR count). The molecule has 1 aliphatic rings. The summed E-state index contributed by atoms with van der Waals surface area (Å²) in [7, 11) is 0. The topological polar surface area (TPSA) is 383 Å². The molecule has 0 bridgehead atoms. The lowest BCUT2D eigenvalue weighted by Gasteiger charge is -2.31. The average molecular weight is 1020 g/mol. The molecule has 14 N–H and O–H groups in total. The number of amides is 7. The molecule has 24 heteroatoms. The SMILES string of the molecule is CC(C)[C@H](NC(=O)[C@H](CCCN=C(N)N)NC(=O)CCC(=O)O)C(=O)N[C@@H](Cc1ccc(O)cc1)C(=O)N[C@H](C(=O)N[C@@H](Cc1cnc[nH]1)C(=O)N1CCC[C@H]1C(=O)N[C@@H](Cc1ccccc1)C(=O)O)C(C)C. The number of aromatic nitrogens is 2. The highest BCUT2D eigenvalue weighted by molar-refractivity contribution is 5.98. The van der Waals surface area contributed by atoms with Gasteiger partial charge in [0, 0.05) is 50.7 Å². The van der Waals surface area contributed by atoms with Crippen LogP contribution in [0.25, 0.3) is 0 Å². The van der Waals surface area contributed by atoms with E-state index in [1.165, 1.54) is 41.7 Å². The zero-order valence-corrected chi connectivity index (χ0v) is 41.3. The number of benzene rings is 2. The number of carbonyl (C=O) groups excluding carboxylic acids is 7. The number of imidazole rings is 1. The highest BCUT2D eigenvalue weighted by atomic mass is 16.4. The molecule has 0 aliphatic carbocycles. The zero-order chi connectivity index (χ0) is 53.8. The van der Waals surface area contributed by atoms with Gasteiger partial charge in [0.05, 0.1) is 12.7 Å². The van der Waals surface area contributed by atoms with Gasteiger partial charge in [-0.3, -0.25) is 43.3 Å². The predicted octanol–water partition coefficient (Wildman–Crippen LogP) is -0.642. The molecule has 1 saturated heterocycles. The van der Waals surface area contributed by atoms with Crippen molar-refractivity contribution in [3.63, 3.8) is 0 Å². The van der Waals surface area contributed by atoms with E-state index in [4.69, 9.17) is 16.6 Å². The lowest BCUT2D eigenvalue weighted by Crippen LogP contribution is -2.61. The lowest BCUT2D eigenvalue weighted by atomic mass is 9.98. The summed E-state index contributed by atoms with van der Waals surface area (Å²) < 4.78 is 0. The van der Waals surface area contributed by atoms with Crippen molar-refractivity contribution in [2.24, 2.45) is 28.3 Å². The van der Waals surface area contributed by atoms with Gasteiger partial charge in [-0.25, -0.2) is 9.78 Å². The maximum atomic E-state index is 14.5. The standard InChI is InChI=1S/C49H68N12O12/c1-27(2)40(59-42(66)33(12-8-20-53-49(50)51)55-38(63)18-19-39(64)65)45(69)56-34(22-30-14-16-32(62)17-15-30)43(67)60-41(28(3)4)46(70)57-35(24-31-25-52-26-54-31)47(71)61-21-9-13-37(61)44(68)58-36(48(72)73)23-29-10-6-5-7-11-29/h5-7,10-11,14-17,25-28,33-37,40-41,62H,8-9,12-13,18-24H2,1-4H3,(H,52,54)(H,55,63)(H,56,69)(H,57,70)(H,58,68)(H,59,66)(H,60,67)(H,64,65)(H,72,73)(H4,50,51,53)/t33-,34-,35-,36-,37-,40-,41-/m0/s1. The minimum absolute atomic E-state index is 0.00151. The number of H-pyrrole nitrogens is 1. The number of carbonyl (C=O) groups is 9. The van der Waals surface area contributed by atoms with E-state index < -0.39 is 120 Å². The first kappa shape index (κ1) is 57.5. The summed E-state index contributed by atoms with van der Waals surface area (Å²) in [6.07, 6.45) is 2.52. The number of aromatic hydroxyl groups is 1. The average Bonchev–Trinajstić information content (AvgIpc) is 4.06. The quantitative estimate of drug-likeness (QED) is 0.0245. The fraction of sp³-hybridized carbons (Fsp3) is 0.490. The van der Waals surface area contributed by atoms with Crippen molar-refractivity contribution in [3.05, 3.63) is 83.9 Å². The van der Waals surface area contributed by atoms with Crippen molar-refractivity contribution in [2.75, 3.05) is 13.1 Å². The maximum absolute atomic E-state index is 14.5. The van der Waals surface area contributed by atoms with Crippen LogP contribution < -0.4 is 43.4 Å². The molecule has 3 aromatic rings. The van der Waals surface area contributed by atoms with E-state index in [9.17, 15) is 53.4 Å². The Balaban J connectivity index is 1.56. The molecule has 0 spiro atoms. The van der Waals surface area contributed by atoms with Gasteiger partial charge in [0.2, 0.25) is 41.4 Å². The Hall–Kier alpha value is -8.05. The second-order valence-electron chi connectivity index (χ2n) is 18.5. The van der Waals surface area contributed by atoms with E-state index >= 15 is 0 Å². The molecule has 7 atom stereocenters. The number of aliphatic imine (C=N–C) groups is 1. The van der Waals surface area contributed by atoms with Gasteiger partial charge in [-0.15, -0.1) is 0 Å². The zero-order valence-electron chi connectivity index (χ0n) is 41.3. The normalized spacial score (nSPS) is 15.6. The second kappa shape index (κ2) is 28.1. The number of aromatic amines is 1. The summed E-state index contributed by atoms with van der Waals surface area (Å²) in [5, 5.41) is 45.0. The molecule has 2 heterocycles. The van der Waals surface area contributed by atoms with E-state index in [-0.39, 0.29) is 63.3 Å². The number of phenolic OH excluding ortho intramolecular Hbond substituents is 1. The smallest absolute Gasteiger partial charge is 0.326 e. The number of hydrogen-bond donors (Lipinski definition) is 12. The Morgan fingerprint density at radius 2 is 1.30 bits per heavy atom. The number of carboxylic acids is 2. The van der Waals surface area contributed by atoms with Crippen LogP contribution in [0.2, 0.25) is 0 Å². The van der Waals surface area contributed by atoms with Crippen molar-refractivity contribution in [2.45, 2.75) is 128 Å². The number of nitrogens with one attached hydrogen (secondary N) is 7. The molecule has 2 aromatic carbocycles. The number of nitrogens with two attached hydrogens (primary N) is 2. The third-order valence-corrected chi connectivity index (χ3v) is 12.0. The van der Waals surface area contributed by atoms with Gasteiger partial charge in [-0.2, -0.15) is 0 Å². The van der Waals surface area contributed by atoms with Crippen LogP contribution in [0, 0.1) is 11.8 Å². The number of likely N-dealkylation sites (tertiary alicyclic amines) is 1. The molecular weight excluding hydrogens is 949 g/mol. The number of rotatable bonds is 28. The lowest BCUT2D eigenvalue weighted by molar-refractivity contribution is -0.145. The van der Waals surface area contributed by atoms with Crippen LogP contribution in [0.4, 0.5) is 0 Å². The summed E-state index contributed by atoms with van der Waals surface area (Å²) in [6.45, 7) is 6.79. The van der Waals surface area contributed by atoms with E-state index in [0.717, 1.165) is 0 Å². The molecule has 1 aromatic heterocycles. The van der Waals surface area contributed by atoms with Crippen molar-refractivity contribution in [3.8, 4) is 5.75 Å². The molecule has 0 saturated carbocycles. The van der Waals surface area contributed by atoms with Crippen molar-refractivity contribution >= 4 is 59.2 Å². The third-order valence-electron chi connectivity index (χ3n) is 12.0. The Morgan fingerprint density at radius 3 is 1.86 bits per heavy atom. The number of phenols is 1. The largest absolute Gasteiger partial charge is 0.508 e. The first-order valence-electron chi connectivity index (χ1n) is 24.0. The number of hydrogen-bond acceptors (Lipinski definition) is 12. The number of nitrogens with zero attached hydrogens (tertiary/aromatic N) is 3. The molecule has 396 valence electrons. The minimum atomic E-state index is -1.40. The van der Waals surface area contributed by atoms with Crippen LogP contribution in [0.3, 0.4) is 0 Å². The van der Waals surface area contributed by atoms with Crippen LogP contribution in [0.5, 0.6) is 5.75 Å². The Morgan fingerprint density at radius 1 is 0.712 bits per heavy atom. The summed E-state index contributed by atoms with van der Waals surface area (Å²) in [6, 6.07) is 5.65. The van der Waals surface area contributed by atoms with E-state index in [0.29, 0.717) is 23.2 Å². The van der Waals surface area contributed by atoms with Gasteiger partial charge in [0.1, 0.15) is 48.0 Å². The van der Waals surface area contributed by atoms with Crippen molar-refractivity contribution in [1.29, 1.82) is 0 Å². The summed E-state index contributed by atoms with van der Waals surface area (Å²) in [4.78, 5) is 133. The molecule has 24 nitrogen and oxygen atoms in total. The monoisotopic (exact) mass is 1020 g/mol. The van der Waals surface area contributed by atoms with E-state index in [2.05, 4.69) is 46.9 Å². The number of carboxylic acid groups (broad SMARTS) is 2. The van der Waals surface area contributed by atoms with Crippen LogP contribution in [0.15, 0.2) is 72.1 Å². The van der Waals surface area contributed by atoms with E-state index in [1.54, 1.807) is 58.0 Å². The fourth-order valence-electron chi connectivity index (χ4n) is 8.07. The van der Waals surface area contributed by atoms with Gasteiger partial charge >= 0.3 is 11.9 Å². The molecule has 0 radical (unpaired) electrons. The first-order valence-corrected chi connectivity index (χ1v) is 24.0. The molecular formula is C49H68N12O12. The summed E-state index contributed by atoms with van der Waals surface area (Å²) in [5.41, 5.74) is 12.5. The van der Waals surface area contributed by atoms with Gasteiger partial charge in [0.25, 0.3) is 0 Å². The Labute approximate surface area is 422 Å². The van der Waals surface area contributed by atoms with E-state index in [1.807, 2.05) is 0 Å². The van der Waals surface area contributed by atoms with Crippen LogP contribution in [0.1, 0.15) is 83.0 Å². The summed E-state index contributed by atoms with van der Waals surface area (Å²) >= 11 is 0. The fourth-order valence-corrected chi connectivity index (χ4v) is 8.07. The van der Waals surface area contributed by atoms with Gasteiger partial charge in [-0.1, -0.05) is 70.2 Å². The van der Waals surface area contributed by atoms with Crippen molar-refractivity contribution < 1.29 is 58.5 Å². The first-order chi connectivity index (χ1) is 34.6. The Bertz CT molecular complexity index is 2390. The maximum Gasteiger partial charge on any atom is 0.326 e. The molecule has 0 unspecified atom stereocenters. The van der Waals surface area contributed by atoms with Gasteiger partial charge < -0.3 is 68.6 Å². The molecule has 7 amide bonds. The van der Waals surface area contributed by atoms with Gasteiger partial charge in [0.15, 0.2) is 5.96 Å². The third kappa shape index (κ3) is 18.6. The molecule has 1 aliphatic heterocycles. The van der Waals surface area contributed by atoms with Crippen LogP contribution >= 0.6 is 0 Å². The van der Waals surface area contributed by atoms with Crippen LogP contribution in [-0.2, 0) is 62.4 Å². The second-order valence-corrected chi connectivity index (χ2v) is 18.5. The number of aliphatic carboxylic acids is 2. The molecule has 73 heavy (non-hydrogen) atoms. The highest BCUT2D eigenvalue weighted by Gasteiger charge is 2.41. The van der Waals surface area contributed by atoms with Gasteiger partial charge in [-0.05, 0) is 60.8 Å². The van der Waals surface area contributed by atoms with Crippen LogP contribution in [-0.4, -0.2) is 145 Å². The summed E-state index contributed by atoms with van der Waals surface area (Å²) in [5.74, 6) is -9.20. The Kier molecular flexibility index (Phi) is 22.2. The van der Waals surface area contributed by atoms with Crippen molar-refractivity contribution in [1.82, 2.24) is 46.8 Å². The number of guanidine groups is 1. The predicted molar refractivity (Wildman–Crippen MR) is 265 cm³/mol.